The van der Waals surface area contributed by atoms with E-state index >= 15 is 0 Å². The van der Waals surface area contributed by atoms with E-state index in [1.165, 1.54) is 12.0 Å². The Balaban J connectivity index is 2.48. The van der Waals surface area contributed by atoms with Crippen molar-refractivity contribution in [2.24, 2.45) is 0 Å². The molecule has 0 aliphatic heterocycles. The molecule has 1 aliphatic rings. The van der Waals surface area contributed by atoms with Crippen LogP contribution in [0.1, 0.15) is 37.3 Å². The quantitative estimate of drug-likeness (QED) is 0.602. The summed E-state index contributed by atoms with van der Waals surface area (Å²) in [5.41, 5.74) is 1.85. The molecule has 0 spiro atoms. The van der Waals surface area contributed by atoms with Crippen LogP contribution in [0, 0.1) is 0 Å². The molecule has 1 heteroatoms. The highest BCUT2D eigenvalue weighted by Crippen LogP contribution is 2.33. The molecule has 1 atom stereocenters. The SMILES string of the molecule is CC1(O)CCCCc2ccccc21. The number of aryl methyl sites for hydroxylation is 1. The molecule has 0 aromatic heterocycles. The third-order valence-corrected chi connectivity index (χ3v) is 2.96. The van der Waals surface area contributed by atoms with Crippen LogP contribution in [0.3, 0.4) is 0 Å². The molecule has 0 bridgehead atoms. The highest BCUT2D eigenvalue weighted by molar-refractivity contribution is 5.32. The smallest absolute Gasteiger partial charge is 0.0871 e. The van der Waals surface area contributed by atoms with Crippen molar-refractivity contribution in [1.82, 2.24) is 0 Å². The molecular weight excluding hydrogens is 160 g/mol. The Kier molecular flexibility index (Phi) is 2.12. The lowest BCUT2D eigenvalue weighted by Gasteiger charge is -2.23. The number of rotatable bonds is 0. The Morgan fingerprint density at radius 3 is 2.85 bits per heavy atom. The van der Waals surface area contributed by atoms with Gasteiger partial charge in [0.25, 0.3) is 0 Å². The van der Waals surface area contributed by atoms with Gasteiger partial charge in [-0.3, -0.25) is 0 Å². The first-order valence-corrected chi connectivity index (χ1v) is 5.01. The Bertz CT molecular complexity index is 302. The van der Waals surface area contributed by atoms with Gasteiger partial charge in [0.1, 0.15) is 0 Å². The topological polar surface area (TPSA) is 20.2 Å². The van der Waals surface area contributed by atoms with E-state index in [1.54, 1.807) is 0 Å². The Morgan fingerprint density at radius 2 is 2.00 bits per heavy atom. The van der Waals surface area contributed by atoms with Crippen molar-refractivity contribution in [2.45, 2.75) is 38.2 Å². The lowest BCUT2D eigenvalue weighted by Crippen LogP contribution is -2.20. The first-order chi connectivity index (χ1) is 6.20. The van der Waals surface area contributed by atoms with Gasteiger partial charge in [-0.25, -0.2) is 0 Å². The fourth-order valence-corrected chi connectivity index (χ4v) is 2.18. The minimum Gasteiger partial charge on any atom is -0.385 e. The minimum atomic E-state index is -0.604. The standard InChI is InChI=1S/C12H16O/c1-12(13)9-5-4-7-10-6-2-3-8-11(10)12/h2-3,6,8,13H,4-5,7,9H2,1H3. The van der Waals surface area contributed by atoms with Gasteiger partial charge in [0.15, 0.2) is 0 Å². The molecule has 1 unspecified atom stereocenters. The maximum atomic E-state index is 10.2. The molecule has 1 aliphatic carbocycles. The maximum Gasteiger partial charge on any atom is 0.0871 e. The van der Waals surface area contributed by atoms with Gasteiger partial charge < -0.3 is 5.11 Å². The van der Waals surface area contributed by atoms with E-state index in [0.717, 1.165) is 24.8 Å². The van der Waals surface area contributed by atoms with Crippen LogP contribution in [0.4, 0.5) is 0 Å². The van der Waals surface area contributed by atoms with E-state index in [4.69, 9.17) is 0 Å². The van der Waals surface area contributed by atoms with E-state index < -0.39 is 5.60 Å². The van der Waals surface area contributed by atoms with Crippen LogP contribution in [0.25, 0.3) is 0 Å². The molecular formula is C12H16O. The summed E-state index contributed by atoms with van der Waals surface area (Å²) >= 11 is 0. The van der Waals surface area contributed by atoms with Crippen LogP contribution < -0.4 is 0 Å². The predicted octanol–water partition coefficient (Wildman–Crippen LogP) is 2.62. The molecule has 0 saturated carbocycles. The van der Waals surface area contributed by atoms with Gasteiger partial charge in [-0.15, -0.1) is 0 Å². The van der Waals surface area contributed by atoms with E-state index in [2.05, 4.69) is 18.2 Å². The minimum absolute atomic E-state index is 0.604. The van der Waals surface area contributed by atoms with Crippen LogP contribution in [0.5, 0.6) is 0 Å². The fourth-order valence-electron chi connectivity index (χ4n) is 2.18. The zero-order valence-corrected chi connectivity index (χ0v) is 8.09. The molecule has 0 heterocycles. The first kappa shape index (κ1) is 8.76. The lowest BCUT2D eigenvalue weighted by atomic mass is 9.90. The van der Waals surface area contributed by atoms with Crippen LogP contribution in [-0.4, -0.2) is 5.11 Å². The third-order valence-electron chi connectivity index (χ3n) is 2.96. The number of hydrogen-bond donors (Lipinski definition) is 1. The van der Waals surface area contributed by atoms with Crippen molar-refractivity contribution in [3.63, 3.8) is 0 Å². The molecule has 1 nitrogen and oxygen atoms in total. The third kappa shape index (κ3) is 1.61. The molecule has 13 heavy (non-hydrogen) atoms. The Morgan fingerprint density at radius 1 is 1.23 bits per heavy atom. The Labute approximate surface area is 79.4 Å². The highest BCUT2D eigenvalue weighted by atomic mass is 16.3. The van der Waals surface area contributed by atoms with Gasteiger partial charge in [-0.2, -0.15) is 0 Å². The zero-order valence-electron chi connectivity index (χ0n) is 8.09. The van der Waals surface area contributed by atoms with Crippen molar-refractivity contribution >= 4 is 0 Å². The number of benzene rings is 1. The summed E-state index contributed by atoms with van der Waals surface area (Å²) in [5.74, 6) is 0. The molecule has 1 aromatic carbocycles. The summed E-state index contributed by atoms with van der Waals surface area (Å²) < 4.78 is 0. The summed E-state index contributed by atoms with van der Waals surface area (Å²) in [5, 5.41) is 10.2. The maximum absolute atomic E-state index is 10.2. The van der Waals surface area contributed by atoms with Crippen LogP contribution in [0.15, 0.2) is 24.3 Å². The van der Waals surface area contributed by atoms with Crippen molar-refractivity contribution in [1.29, 1.82) is 0 Å². The molecule has 70 valence electrons. The summed E-state index contributed by atoms with van der Waals surface area (Å²) in [4.78, 5) is 0. The average Bonchev–Trinajstić information content (AvgIpc) is 2.26. The van der Waals surface area contributed by atoms with E-state index in [9.17, 15) is 5.11 Å². The summed E-state index contributed by atoms with van der Waals surface area (Å²) in [6, 6.07) is 8.26. The van der Waals surface area contributed by atoms with Crippen molar-refractivity contribution in [3.05, 3.63) is 35.4 Å². The second-order valence-corrected chi connectivity index (χ2v) is 4.14. The lowest BCUT2D eigenvalue weighted by molar-refractivity contribution is 0.0473. The normalized spacial score (nSPS) is 27.8. The summed E-state index contributed by atoms with van der Waals surface area (Å²) in [6.07, 6.45) is 4.34. The molecule has 0 saturated heterocycles. The van der Waals surface area contributed by atoms with Gasteiger partial charge in [0, 0.05) is 0 Å². The fraction of sp³-hybridized carbons (Fsp3) is 0.500. The summed E-state index contributed by atoms with van der Waals surface area (Å²) in [7, 11) is 0. The van der Waals surface area contributed by atoms with E-state index in [1.807, 2.05) is 13.0 Å². The largest absolute Gasteiger partial charge is 0.385 e. The second kappa shape index (κ2) is 3.15. The first-order valence-electron chi connectivity index (χ1n) is 5.01. The van der Waals surface area contributed by atoms with Gasteiger partial charge >= 0.3 is 0 Å². The monoisotopic (exact) mass is 176 g/mol. The van der Waals surface area contributed by atoms with Gasteiger partial charge in [0.05, 0.1) is 5.60 Å². The second-order valence-electron chi connectivity index (χ2n) is 4.14. The van der Waals surface area contributed by atoms with Crippen LogP contribution >= 0.6 is 0 Å². The zero-order chi connectivity index (χ0) is 9.31. The van der Waals surface area contributed by atoms with Gasteiger partial charge in [-0.1, -0.05) is 24.3 Å². The van der Waals surface area contributed by atoms with E-state index in [-0.39, 0.29) is 0 Å². The Hall–Kier alpha value is -0.820. The van der Waals surface area contributed by atoms with Gasteiger partial charge in [0.2, 0.25) is 0 Å². The molecule has 2 rings (SSSR count). The van der Waals surface area contributed by atoms with Crippen LogP contribution in [0.2, 0.25) is 0 Å². The van der Waals surface area contributed by atoms with E-state index in [0.29, 0.717) is 0 Å². The van der Waals surface area contributed by atoms with Crippen LogP contribution in [-0.2, 0) is 12.0 Å². The number of fused-ring (bicyclic) bond motifs is 1. The number of aliphatic hydroxyl groups is 1. The average molecular weight is 176 g/mol. The predicted molar refractivity (Wildman–Crippen MR) is 53.6 cm³/mol. The molecule has 0 radical (unpaired) electrons. The molecule has 0 fully saturated rings. The van der Waals surface area contributed by atoms with Crippen molar-refractivity contribution < 1.29 is 5.11 Å². The highest BCUT2D eigenvalue weighted by Gasteiger charge is 2.26. The summed E-state index contributed by atoms with van der Waals surface area (Å²) in [6.45, 7) is 1.93. The molecule has 1 aromatic rings. The molecule has 1 N–H and O–H groups in total. The van der Waals surface area contributed by atoms with Crippen molar-refractivity contribution in [2.75, 3.05) is 0 Å². The number of hydrogen-bond acceptors (Lipinski definition) is 1. The molecule has 0 amide bonds. The van der Waals surface area contributed by atoms with Gasteiger partial charge in [-0.05, 0) is 43.7 Å². The van der Waals surface area contributed by atoms with Crippen molar-refractivity contribution in [3.8, 4) is 0 Å².